The Balaban J connectivity index is 0. The first kappa shape index (κ1) is 24.8. The summed E-state index contributed by atoms with van der Waals surface area (Å²) in [6.07, 6.45) is 17.4. The van der Waals surface area contributed by atoms with Crippen LogP contribution in [-0.4, -0.2) is 5.54 Å². The minimum absolute atomic E-state index is 0. The molecule has 1 nitrogen and oxygen atoms in total. The van der Waals surface area contributed by atoms with Crippen molar-refractivity contribution in [2.24, 2.45) is 15.2 Å². The van der Waals surface area contributed by atoms with Gasteiger partial charge in [-0.1, -0.05) is 52.4 Å². The predicted octanol–water partition coefficient (Wildman–Crippen LogP) is 7.16. The van der Waals surface area contributed by atoms with Gasteiger partial charge in [-0.15, -0.1) is 0 Å². The first-order valence-corrected chi connectivity index (χ1v) is 10.4. The van der Waals surface area contributed by atoms with Crippen molar-refractivity contribution in [1.29, 1.82) is 0 Å². The second-order valence-electron chi connectivity index (χ2n) is 7.27. The SMILES string of the molecule is CC1[CH-]C(C)CCC1.CCC(C)(C)[N]=[Ta].[CH-]1CCCCC1.[CH3-]. The number of hydrogen-bond acceptors (Lipinski definition) is 1. The first-order chi connectivity index (χ1) is 9.91. The van der Waals surface area contributed by atoms with E-state index in [1.807, 2.05) is 0 Å². The molecule has 0 aromatic rings. The minimum Gasteiger partial charge on any atom is -0.358 e. The van der Waals surface area contributed by atoms with Gasteiger partial charge in [-0.3, -0.25) is 0 Å². The van der Waals surface area contributed by atoms with Gasteiger partial charge in [0, 0.05) is 0 Å². The smallest absolute Gasteiger partial charge is 0.0582 e. The van der Waals surface area contributed by atoms with Crippen molar-refractivity contribution in [3.8, 4) is 0 Å². The molecule has 2 unspecified atom stereocenters. The van der Waals surface area contributed by atoms with Crippen LogP contribution in [0.15, 0.2) is 3.34 Å². The molecule has 133 valence electrons. The van der Waals surface area contributed by atoms with E-state index < -0.39 is 0 Å². The van der Waals surface area contributed by atoms with Crippen LogP contribution >= 0.6 is 0 Å². The van der Waals surface area contributed by atoms with E-state index in [1.54, 1.807) is 0 Å². The number of nitrogens with zero attached hydrogens (tertiary/aromatic N) is 1. The fourth-order valence-electron chi connectivity index (χ4n) is 2.48. The van der Waals surface area contributed by atoms with Crippen LogP contribution in [0.5, 0.6) is 0 Å². The second kappa shape index (κ2) is 15.1. The Morgan fingerprint density at radius 2 is 1.50 bits per heavy atom. The van der Waals surface area contributed by atoms with Crippen molar-refractivity contribution in [2.45, 2.75) is 97.9 Å². The summed E-state index contributed by atoms with van der Waals surface area (Å²) in [7, 11) is 0. The summed E-state index contributed by atoms with van der Waals surface area (Å²) >= 11 is 1.16. The molecule has 0 heterocycles. The van der Waals surface area contributed by atoms with Gasteiger partial charge in [0.2, 0.25) is 0 Å². The predicted molar refractivity (Wildman–Crippen MR) is 97.1 cm³/mol. The van der Waals surface area contributed by atoms with Crippen LogP contribution in [0, 0.1) is 32.1 Å². The van der Waals surface area contributed by atoms with Crippen LogP contribution < -0.4 is 0 Å². The molecule has 2 saturated carbocycles. The van der Waals surface area contributed by atoms with Gasteiger partial charge in [0.1, 0.15) is 0 Å². The molecule has 0 N–H and O–H groups in total. The minimum atomic E-state index is 0. The summed E-state index contributed by atoms with van der Waals surface area (Å²) < 4.78 is 4.25. The van der Waals surface area contributed by atoms with Gasteiger partial charge in [-0.05, 0) is 0 Å². The summed E-state index contributed by atoms with van der Waals surface area (Å²) in [4.78, 5) is 0. The van der Waals surface area contributed by atoms with Crippen molar-refractivity contribution >= 4 is 0 Å². The Bertz CT molecular complexity index is 227. The van der Waals surface area contributed by atoms with Crippen LogP contribution in [0.2, 0.25) is 0 Å². The molecule has 0 spiro atoms. The number of rotatable bonds is 2. The molecule has 2 aliphatic carbocycles. The molecule has 0 radical (unpaired) electrons. The van der Waals surface area contributed by atoms with Gasteiger partial charge < -0.3 is 20.3 Å². The van der Waals surface area contributed by atoms with E-state index in [1.165, 1.54) is 51.4 Å². The van der Waals surface area contributed by atoms with Crippen LogP contribution in [0.4, 0.5) is 0 Å². The third-order valence-electron chi connectivity index (χ3n) is 4.43. The van der Waals surface area contributed by atoms with Gasteiger partial charge in [0.05, 0.1) is 0 Å². The van der Waals surface area contributed by atoms with Crippen molar-refractivity contribution in [3.05, 3.63) is 20.3 Å². The van der Waals surface area contributed by atoms with Gasteiger partial charge in [0.15, 0.2) is 0 Å². The molecule has 0 aromatic carbocycles. The van der Waals surface area contributed by atoms with Gasteiger partial charge in [0.25, 0.3) is 0 Å². The van der Waals surface area contributed by atoms with Gasteiger partial charge >= 0.3 is 57.0 Å². The van der Waals surface area contributed by atoms with E-state index in [0.29, 0.717) is 0 Å². The van der Waals surface area contributed by atoms with Crippen molar-refractivity contribution in [3.63, 3.8) is 0 Å². The zero-order valence-electron chi connectivity index (χ0n) is 16.1. The quantitative estimate of drug-likeness (QED) is 0.376. The summed E-state index contributed by atoms with van der Waals surface area (Å²) in [6, 6.07) is 0. The topological polar surface area (TPSA) is 12.4 Å². The van der Waals surface area contributed by atoms with E-state index in [0.717, 1.165) is 39.1 Å². The zero-order valence-corrected chi connectivity index (χ0v) is 19.3. The Morgan fingerprint density at radius 1 is 1.00 bits per heavy atom. The molecule has 0 saturated heterocycles. The normalized spacial score (nSPS) is 24.5. The van der Waals surface area contributed by atoms with E-state index in [2.05, 4.69) is 50.8 Å². The Kier molecular flexibility index (Phi) is 17.0. The molecule has 2 atom stereocenters. The largest absolute Gasteiger partial charge is 0.358 e. The molecule has 0 bridgehead atoms. The third kappa shape index (κ3) is 15.4. The van der Waals surface area contributed by atoms with E-state index in [4.69, 9.17) is 0 Å². The number of hydrogen-bond donors (Lipinski definition) is 0. The van der Waals surface area contributed by atoms with Gasteiger partial charge in [-0.2, -0.15) is 24.7 Å². The summed E-state index contributed by atoms with van der Waals surface area (Å²) in [5.41, 5.74) is 0.258. The van der Waals surface area contributed by atoms with Crippen LogP contribution in [0.3, 0.4) is 0 Å². The Morgan fingerprint density at radius 3 is 1.64 bits per heavy atom. The van der Waals surface area contributed by atoms with Gasteiger partial charge in [-0.25, -0.2) is 0 Å². The molecule has 0 aliphatic heterocycles. The monoisotopic (exact) mass is 475 g/mol. The fraction of sp³-hybridized carbons (Fsp3) is 0.850. The fourth-order valence-corrected chi connectivity index (χ4v) is 2.99. The average Bonchev–Trinajstić information content (AvgIpc) is 2.50. The molecular formula is C20H40NTa-3. The molecule has 2 fully saturated rings. The molecule has 0 aromatic heterocycles. The summed E-state index contributed by atoms with van der Waals surface area (Å²) in [5.74, 6) is 1.78. The molecular weight excluding hydrogens is 435 g/mol. The zero-order chi connectivity index (χ0) is 16.1. The summed E-state index contributed by atoms with van der Waals surface area (Å²) in [6.45, 7) is 11.1. The first-order valence-electron chi connectivity index (χ1n) is 8.94. The van der Waals surface area contributed by atoms with Crippen LogP contribution in [-0.2, 0) is 20.9 Å². The standard InChI is InChI=1S/C8H15.C6H11.C5H11N.CH3.Ta/c1-7-4-3-5-8(2)6-7;1-2-4-6-5-3-1;1-4-5(2,3)6;;/h6-8H,3-5H2,1-2H3;1H,2-6H2;4H2,1-3H3;1H3;/q2*-1;;-1;. The molecule has 22 heavy (non-hydrogen) atoms. The Hall–Kier alpha value is 0.540. The van der Waals surface area contributed by atoms with E-state index in [-0.39, 0.29) is 13.0 Å². The van der Waals surface area contributed by atoms with E-state index in [9.17, 15) is 0 Å². The van der Waals surface area contributed by atoms with Crippen LogP contribution in [0.25, 0.3) is 0 Å². The molecule has 2 aliphatic rings. The summed E-state index contributed by atoms with van der Waals surface area (Å²) in [5, 5.41) is 0. The third-order valence-corrected chi connectivity index (χ3v) is 6.37. The van der Waals surface area contributed by atoms with Crippen molar-refractivity contribution < 1.29 is 20.9 Å². The van der Waals surface area contributed by atoms with Crippen LogP contribution in [0.1, 0.15) is 92.4 Å². The maximum atomic E-state index is 4.25. The molecule has 0 amide bonds. The maximum Gasteiger partial charge on any atom is -0.0582 e. The maximum absolute atomic E-state index is 4.25. The van der Waals surface area contributed by atoms with E-state index >= 15 is 0 Å². The van der Waals surface area contributed by atoms with Crippen molar-refractivity contribution in [1.82, 2.24) is 0 Å². The Labute approximate surface area is 154 Å². The van der Waals surface area contributed by atoms with Crippen molar-refractivity contribution in [2.75, 3.05) is 0 Å². The molecule has 2 rings (SSSR count). The molecule has 2 heteroatoms. The average molecular weight is 475 g/mol. The second-order valence-corrected chi connectivity index (χ2v) is 7.99.